The molecule has 106 valence electrons. The van der Waals surface area contributed by atoms with Gasteiger partial charge in [0.25, 0.3) is 0 Å². The first-order valence-electron chi connectivity index (χ1n) is 6.20. The standard InChI is InChI=1S/C15H12N2O3S/c1-2-20-15(19)10-5-3-4-9(6-10)11-7-13(18)17-14(21)12(11)8-16/h3-7H,2H2,1H3,(H2,17,18,21). The van der Waals surface area contributed by atoms with E-state index in [1.807, 2.05) is 6.07 Å². The zero-order valence-corrected chi connectivity index (χ0v) is 12.1. The molecule has 0 amide bonds. The number of pyridine rings is 1. The summed E-state index contributed by atoms with van der Waals surface area (Å²) in [5.74, 6) is -0.450. The van der Waals surface area contributed by atoms with Gasteiger partial charge < -0.3 is 9.72 Å². The molecule has 2 rings (SSSR count). The molecule has 1 heterocycles. The molecule has 2 aromatic rings. The third-order valence-corrected chi connectivity index (χ3v) is 3.16. The number of rotatable bonds is 3. The molecule has 1 N–H and O–H groups in total. The minimum atomic E-state index is -0.450. The number of aromatic nitrogens is 1. The van der Waals surface area contributed by atoms with Gasteiger partial charge in [-0.2, -0.15) is 5.26 Å². The number of nitriles is 1. The summed E-state index contributed by atoms with van der Waals surface area (Å²) in [6.45, 7) is 2.00. The average molecular weight is 300 g/mol. The highest BCUT2D eigenvalue weighted by Gasteiger charge is 2.13. The molecule has 0 saturated heterocycles. The van der Waals surface area contributed by atoms with Crippen LogP contribution in [0.2, 0.25) is 0 Å². The SMILES string of the molecule is CCOC(=O)c1cccc(-c2cc(=O)[nH]c(S)c2C#N)c1. The lowest BCUT2D eigenvalue weighted by Crippen LogP contribution is -2.08. The number of aromatic amines is 1. The van der Waals surface area contributed by atoms with Crippen LogP contribution >= 0.6 is 12.6 Å². The molecule has 0 unspecified atom stereocenters. The van der Waals surface area contributed by atoms with Gasteiger partial charge in [0.05, 0.1) is 22.8 Å². The fourth-order valence-corrected chi connectivity index (χ4v) is 2.20. The number of esters is 1. The van der Waals surface area contributed by atoms with Gasteiger partial charge in [-0.3, -0.25) is 4.79 Å². The molecule has 0 atom stereocenters. The molecule has 6 heteroatoms. The van der Waals surface area contributed by atoms with Crippen LogP contribution < -0.4 is 5.56 Å². The smallest absolute Gasteiger partial charge is 0.338 e. The minimum Gasteiger partial charge on any atom is -0.462 e. The van der Waals surface area contributed by atoms with Gasteiger partial charge in [0.2, 0.25) is 5.56 Å². The van der Waals surface area contributed by atoms with E-state index in [-0.39, 0.29) is 22.8 Å². The fraction of sp³-hybridized carbons (Fsp3) is 0.133. The van der Waals surface area contributed by atoms with Gasteiger partial charge in [0.1, 0.15) is 6.07 Å². The van der Waals surface area contributed by atoms with Gasteiger partial charge in [-0.15, -0.1) is 12.6 Å². The van der Waals surface area contributed by atoms with Gasteiger partial charge in [0, 0.05) is 11.6 Å². The van der Waals surface area contributed by atoms with Gasteiger partial charge in [-0.1, -0.05) is 12.1 Å². The largest absolute Gasteiger partial charge is 0.462 e. The summed E-state index contributed by atoms with van der Waals surface area (Å²) in [5.41, 5.74) is 1.25. The third-order valence-electron chi connectivity index (χ3n) is 2.82. The quantitative estimate of drug-likeness (QED) is 0.673. The molecule has 0 aliphatic heterocycles. The van der Waals surface area contributed by atoms with Crippen molar-refractivity contribution in [2.75, 3.05) is 6.61 Å². The van der Waals surface area contributed by atoms with Crippen molar-refractivity contribution in [1.29, 1.82) is 5.26 Å². The minimum absolute atomic E-state index is 0.196. The number of hydrogen-bond acceptors (Lipinski definition) is 5. The Kier molecular flexibility index (Phi) is 4.45. The van der Waals surface area contributed by atoms with Crippen LogP contribution in [0, 0.1) is 11.3 Å². The molecule has 5 nitrogen and oxygen atoms in total. The molecular formula is C15H12N2O3S. The average Bonchev–Trinajstić information content (AvgIpc) is 2.47. The molecule has 1 aromatic heterocycles. The Morgan fingerprint density at radius 2 is 2.19 bits per heavy atom. The normalized spacial score (nSPS) is 9.95. The molecule has 1 aromatic carbocycles. The van der Waals surface area contributed by atoms with Crippen molar-refractivity contribution in [3.05, 3.63) is 51.8 Å². The van der Waals surface area contributed by atoms with Crippen molar-refractivity contribution in [2.45, 2.75) is 11.9 Å². The van der Waals surface area contributed by atoms with Crippen molar-refractivity contribution in [2.24, 2.45) is 0 Å². The number of nitrogens with one attached hydrogen (secondary N) is 1. The predicted octanol–water partition coefficient (Wildman–Crippen LogP) is 2.38. The van der Waals surface area contributed by atoms with E-state index in [2.05, 4.69) is 17.6 Å². The van der Waals surface area contributed by atoms with Gasteiger partial charge in [0.15, 0.2) is 0 Å². The summed E-state index contributed by atoms with van der Waals surface area (Å²) < 4.78 is 4.94. The number of hydrogen-bond donors (Lipinski definition) is 2. The second kappa shape index (κ2) is 6.29. The van der Waals surface area contributed by atoms with E-state index in [9.17, 15) is 14.9 Å². The van der Waals surface area contributed by atoms with Crippen LogP contribution in [0.5, 0.6) is 0 Å². The van der Waals surface area contributed by atoms with E-state index in [0.29, 0.717) is 16.7 Å². The lowest BCUT2D eigenvalue weighted by Gasteiger charge is -2.08. The van der Waals surface area contributed by atoms with Crippen molar-refractivity contribution in [3.8, 4) is 17.2 Å². The maximum Gasteiger partial charge on any atom is 0.338 e. The zero-order chi connectivity index (χ0) is 15.4. The molecule has 0 spiro atoms. The monoisotopic (exact) mass is 300 g/mol. The van der Waals surface area contributed by atoms with Crippen LogP contribution in [0.4, 0.5) is 0 Å². The van der Waals surface area contributed by atoms with Crippen LogP contribution in [0.15, 0.2) is 40.2 Å². The summed E-state index contributed by atoms with van der Waals surface area (Å²) in [6.07, 6.45) is 0. The number of nitrogens with zero attached hydrogens (tertiary/aromatic N) is 1. The molecular weight excluding hydrogens is 288 g/mol. The number of ether oxygens (including phenoxy) is 1. The Morgan fingerprint density at radius 3 is 2.86 bits per heavy atom. The molecule has 0 aliphatic rings. The first kappa shape index (κ1) is 14.9. The molecule has 0 radical (unpaired) electrons. The van der Waals surface area contributed by atoms with Gasteiger partial charge in [-0.05, 0) is 24.6 Å². The van der Waals surface area contributed by atoms with E-state index in [1.165, 1.54) is 6.07 Å². The Labute approximate surface area is 126 Å². The maximum atomic E-state index is 11.7. The Morgan fingerprint density at radius 1 is 1.43 bits per heavy atom. The van der Waals surface area contributed by atoms with E-state index in [4.69, 9.17) is 4.74 Å². The number of thiol groups is 1. The Hall–Kier alpha value is -2.52. The van der Waals surface area contributed by atoms with Gasteiger partial charge >= 0.3 is 5.97 Å². The lowest BCUT2D eigenvalue weighted by atomic mass is 10.0. The van der Waals surface area contributed by atoms with Crippen LogP contribution in [-0.2, 0) is 4.74 Å². The third kappa shape index (κ3) is 3.15. The highest BCUT2D eigenvalue weighted by Crippen LogP contribution is 2.25. The van der Waals surface area contributed by atoms with Crippen LogP contribution in [0.3, 0.4) is 0 Å². The number of carbonyl (C=O) groups is 1. The number of benzene rings is 1. The highest BCUT2D eigenvalue weighted by molar-refractivity contribution is 7.80. The van der Waals surface area contributed by atoms with E-state index in [0.717, 1.165) is 0 Å². The topological polar surface area (TPSA) is 83.0 Å². The lowest BCUT2D eigenvalue weighted by molar-refractivity contribution is 0.0526. The van der Waals surface area contributed by atoms with Crippen molar-refractivity contribution >= 4 is 18.6 Å². The molecule has 0 aliphatic carbocycles. The first-order valence-corrected chi connectivity index (χ1v) is 6.65. The zero-order valence-electron chi connectivity index (χ0n) is 11.2. The summed E-state index contributed by atoms with van der Waals surface area (Å²) in [7, 11) is 0. The Balaban J connectivity index is 2.58. The van der Waals surface area contributed by atoms with E-state index in [1.54, 1.807) is 31.2 Å². The highest BCUT2D eigenvalue weighted by atomic mass is 32.1. The van der Waals surface area contributed by atoms with Crippen LogP contribution in [0.25, 0.3) is 11.1 Å². The Bertz CT molecular complexity index is 790. The molecule has 21 heavy (non-hydrogen) atoms. The second-order valence-electron chi connectivity index (χ2n) is 4.18. The molecule has 0 bridgehead atoms. The van der Waals surface area contributed by atoms with E-state index >= 15 is 0 Å². The maximum absolute atomic E-state index is 11.7. The van der Waals surface area contributed by atoms with Gasteiger partial charge in [-0.25, -0.2) is 4.79 Å². The van der Waals surface area contributed by atoms with Crippen molar-refractivity contribution in [1.82, 2.24) is 4.98 Å². The van der Waals surface area contributed by atoms with Crippen LogP contribution in [-0.4, -0.2) is 17.6 Å². The number of H-pyrrole nitrogens is 1. The fourth-order valence-electron chi connectivity index (χ4n) is 1.92. The summed E-state index contributed by atoms with van der Waals surface area (Å²) in [5, 5.41) is 9.40. The number of carbonyl (C=O) groups excluding carboxylic acids is 1. The summed E-state index contributed by atoms with van der Waals surface area (Å²) in [6, 6.07) is 9.89. The first-order chi connectivity index (χ1) is 10.1. The van der Waals surface area contributed by atoms with Crippen molar-refractivity contribution in [3.63, 3.8) is 0 Å². The van der Waals surface area contributed by atoms with Crippen molar-refractivity contribution < 1.29 is 9.53 Å². The van der Waals surface area contributed by atoms with Crippen LogP contribution in [0.1, 0.15) is 22.8 Å². The second-order valence-corrected chi connectivity index (χ2v) is 4.63. The summed E-state index contributed by atoms with van der Waals surface area (Å²) in [4.78, 5) is 25.8. The molecule has 0 fully saturated rings. The van der Waals surface area contributed by atoms with E-state index < -0.39 is 5.97 Å². The summed E-state index contributed by atoms with van der Waals surface area (Å²) >= 11 is 4.10. The predicted molar refractivity (Wildman–Crippen MR) is 80.4 cm³/mol. The molecule has 0 saturated carbocycles.